The first kappa shape index (κ1) is 14.9. The molecule has 0 spiro atoms. The lowest BCUT2D eigenvalue weighted by molar-refractivity contribution is -0.160. The van der Waals surface area contributed by atoms with Gasteiger partial charge >= 0.3 is 18.3 Å². The SMILES string of the molecule is C=CC(F)(F)OC(=O)c1ccc(C(F)(F)F)cc1N. The van der Waals surface area contributed by atoms with Crippen LogP contribution in [0.15, 0.2) is 30.9 Å². The number of rotatable bonds is 3. The molecule has 0 aliphatic heterocycles. The van der Waals surface area contributed by atoms with Gasteiger partial charge < -0.3 is 10.5 Å². The van der Waals surface area contributed by atoms with E-state index in [0.717, 1.165) is 0 Å². The van der Waals surface area contributed by atoms with Crippen LogP contribution in [0.5, 0.6) is 0 Å². The number of nitrogens with two attached hydrogens (primary N) is 1. The van der Waals surface area contributed by atoms with Crippen molar-refractivity contribution >= 4 is 11.7 Å². The van der Waals surface area contributed by atoms with Crippen LogP contribution >= 0.6 is 0 Å². The molecule has 0 heterocycles. The summed E-state index contributed by atoms with van der Waals surface area (Å²) >= 11 is 0. The summed E-state index contributed by atoms with van der Waals surface area (Å²) in [5.41, 5.74) is 2.91. The number of hydrogen-bond donors (Lipinski definition) is 1. The van der Waals surface area contributed by atoms with E-state index in [-0.39, 0.29) is 6.08 Å². The van der Waals surface area contributed by atoms with Crippen LogP contribution in [0.2, 0.25) is 0 Å². The Labute approximate surface area is 104 Å². The monoisotopic (exact) mass is 281 g/mol. The Morgan fingerprint density at radius 1 is 1.26 bits per heavy atom. The maximum atomic E-state index is 12.7. The molecule has 104 valence electrons. The maximum Gasteiger partial charge on any atom is 0.421 e. The van der Waals surface area contributed by atoms with Crippen molar-refractivity contribution in [1.29, 1.82) is 0 Å². The van der Waals surface area contributed by atoms with Crippen molar-refractivity contribution in [3.63, 3.8) is 0 Å². The fourth-order valence-electron chi connectivity index (χ4n) is 1.15. The predicted octanol–water partition coefficient (Wildman–Crippen LogP) is 3.22. The number of carbonyl (C=O) groups is 1. The van der Waals surface area contributed by atoms with Crippen LogP contribution in [0.3, 0.4) is 0 Å². The van der Waals surface area contributed by atoms with E-state index in [2.05, 4.69) is 11.3 Å². The molecule has 0 radical (unpaired) electrons. The normalized spacial score (nSPS) is 12.1. The summed E-state index contributed by atoms with van der Waals surface area (Å²) in [6.45, 7) is 2.74. The van der Waals surface area contributed by atoms with Gasteiger partial charge in [-0.05, 0) is 18.2 Å². The summed E-state index contributed by atoms with van der Waals surface area (Å²) in [5.74, 6) is -1.55. The second-order valence-corrected chi connectivity index (χ2v) is 3.46. The van der Waals surface area contributed by atoms with Crippen molar-refractivity contribution in [2.75, 3.05) is 5.73 Å². The highest BCUT2D eigenvalue weighted by Crippen LogP contribution is 2.32. The first-order valence-corrected chi connectivity index (χ1v) is 4.78. The zero-order valence-corrected chi connectivity index (χ0v) is 9.30. The summed E-state index contributed by atoms with van der Waals surface area (Å²) in [5, 5.41) is 0. The van der Waals surface area contributed by atoms with Crippen molar-refractivity contribution in [3.05, 3.63) is 42.0 Å². The Morgan fingerprint density at radius 2 is 1.84 bits per heavy atom. The van der Waals surface area contributed by atoms with E-state index >= 15 is 0 Å². The number of hydrogen-bond acceptors (Lipinski definition) is 3. The largest absolute Gasteiger partial charge is 0.421 e. The molecule has 0 bridgehead atoms. The number of anilines is 1. The molecule has 0 aliphatic rings. The first-order chi connectivity index (χ1) is 8.57. The van der Waals surface area contributed by atoms with Gasteiger partial charge in [0.25, 0.3) is 0 Å². The van der Waals surface area contributed by atoms with Crippen molar-refractivity contribution in [1.82, 2.24) is 0 Å². The molecule has 0 fully saturated rings. The average molecular weight is 281 g/mol. The molecule has 2 N–H and O–H groups in total. The maximum absolute atomic E-state index is 12.7. The van der Waals surface area contributed by atoms with Crippen molar-refractivity contribution in [2.45, 2.75) is 12.3 Å². The Bertz CT molecular complexity index is 510. The standard InChI is InChI=1S/C11H8F5NO2/c1-2-10(12,13)19-9(18)7-4-3-6(5-8(7)17)11(14,15)16/h2-5H,1,17H2. The van der Waals surface area contributed by atoms with Crippen LogP contribution in [0.1, 0.15) is 15.9 Å². The molecule has 0 atom stereocenters. The third kappa shape index (κ3) is 3.67. The van der Waals surface area contributed by atoms with E-state index in [1.165, 1.54) is 0 Å². The van der Waals surface area contributed by atoms with Gasteiger partial charge in [0.05, 0.1) is 11.1 Å². The van der Waals surface area contributed by atoms with Crippen LogP contribution in [-0.4, -0.2) is 12.1 Å². The number of nitrogen functional groups attached to an aromatic ring is 1. The zero-order valence-electron chi connectivity index (χ0n) is 9.30. The second kappa shape index (κ2) is 4.87. The van der Waals surface area contributed by atoms with Gasteiger partial charge in [-0.25, -0.2) is 4.79 Å². The van der Waals surface area contributed by atoms with Gasteiger partial charge in [0.1, 0.15) is 0 Å². The Morgan fingerprint density at radius 3 is 2.26 bits per heavy atom. The Kier molecular flexibility index (Phi) is 3.83. The quantitative estimate of drug-likeness (QED) is 0.400. The molecule has 3 nitrogen and oxygen atoms in total. The fraction of sp³-hybridized carbons (Fsp3) is 0.182. The minimum atomic E-state index is -4.65. The van der Waals surface area contributed by atoms with Crippen molar-refractivity contribution in [2.24, 2.45) is 0 Å². The first-order valence-electron chi connectivity index (χ1n) is 4.78. The molecular formula is C11H8F5NO2. The second-order valence-electron chi connectivity index (χ2n) is 3.46. The topological polar surface area (TPSA) is 52.3 Å². The summed E-state index contributed by atoms with van der Waals surface area (Å²) in [6.07, 6.45) is -8.50. The van der Waals surface area contributed by atoms with Gasteiger partial charge in [-0.2, -0.15) is 22.0 Å². The number of benzene rings is 1. The molecule has 1 aromatic rings. The molecule has 1 aromatic carbocycles. The van der Waals surface area contributed by atoms with E-state index in [1.807, 2.05) is 0 Å². The third-order valence-electron chi connectivity index (χ3n) is 2.07. The minimum Gasteiger partial charge on any atom is -0.398 e. The van der Waals surface area contributed by atoms with E-state index in [9.17, 15) is 26.7 Å². The van der Waals surface area contributed by atoms with Gasteiger partial charge in [0, 0.05) is 11.8 Å². The molecule has 0 aromatic heterocycles. The smallest absolute Gasteiger partial charge is 0.398 e. The number of alkyl halides is 5. The van der Waals surface area contributed by atoms with E-state index < -0.39 is 35.1 Å². The molecule has 0 saturated heterocycles. The summed E-state index contributed by atoms with van der Waals surface area (Å²) in [6, 6.07) is 1.67. The van der Waals surface area contributed by atoms with Crippen LogP contribution in [0.25, 0.3) is 0 Å². The van der Waals surface area contributed by atoms with Gasteiger partial charge in [-0.15, -0.1) is 0 Å². The third-order valence-corrected chi connectivity index (χ3v) is 2.07. The molecule has 8 heteroatoms. The number of ether oxygens (including phenoxy) is 1. The number of carbonyl (C=O) groups excluding carboxylic acids is 1. The summed E-state index contributed by atoms with van der Waals surface area (Å²) in [4.78, 5) is 11.3. The van der Waals surface area contributed by atoms with Gasteiger partial charge in [0.2, 0.25) is 0 Å². The van der Waals surface area contributed by atoms with Crippen molar-refractivity contribution < 1.29 is 31.5 Å². The van der Waals surface area contributed by atoms with Crippen LogP contribution in [-0.2, 0) is 10.9 Å². The zero-order chi connectivity index (χ0) is 14.8. The van der Waals surface area contributed by atoms with Gasteiger partial charge in [-0.1, -0.05) is 6.58 Å². The molecular weight excluding hydrogens is 273 g/mol. The lowest BCUT2D eigenvalue weighted by Gasteiger charge is -2.14. The molecule has 0 aliphatic carbocycles. The van der Waals surface area contributed by atoms with Gasteiger partial charge in [-0.3, -0.25) is 0 Å². The molecule has 19 heavy (non-hydrogen) atoms. The average Bonchev–Trinajstić information content (AvgIpc) is 2.26. The van der Waals surface area contributed by atoms with Gasteiger partial charge in [0.15, 0.2) is 0 Å². The molecule has 1 rings (SSSR count). The lowest BCUT2D eigenvalue weighted by Crippen LogP contribution is -2.23. The molecule has 0 saturated carbocycles. The van der Waals surface area contributed by atoms with Crippen molar-refractivity contribution in [3.8, 4) is 0 Å². The molecule has 0 unspecified atom stereocenters. The summed E-state index contributed by atoms with van der Waals surface area (Å²) in [7, 11) is 0. The van der Waals surface area contributed by atoms with Crippen LogP contribution in [0, 0.1) is 0 Å². The van der Waals surface area contributed by atoms with E-state index in [0.29, 0.717) is 18.2 Å². The lowest BCUT2D eigenvalue weighted by atomic mass is 10.1. The summed E-state index contributed by atoms with van der Waals surface area (Å²) < 4.78 is 66.1. The fourth-order valence-corrected chi connectivity index (χ4v) is 1.15. The highest BCUT2D eigenvalue weighted by Gasteiger charge is 2.33. The highest BCUT2D eigenvalue weighted by molar-refractivity contribution is 5.95. The van der Waals surface area contributed by atoms with Crippen LogP contribution in [0.4, 0.5) is 27.6 Å². The van der Waals surface area contributed by atoms with Crippen LogP contribution < -0.4 is 5.73 Å². The number of halogens is 5. The number of esters is 1. The molecule has 0 amide bonds. The Balaban J connectivity index is 3.04. The minimum absolute atomic E-state index is 0.0746. The Hall–Kier alpha value is -2.12. The van der Waals surface area contributed by atoms with E-state index in [4.69, 9.17) is 5.73 Å². The predicted molar refractivity (Wildman–Crippen MR) is 56.4 cm³/mol. The highest BCUT2D eigenvalue weighted by atomic mass is 19.4. The van der Waals surface area contributed by atoms with E-state index in [1.54, 1.807) is 0 Å².